The molecule has 0 radical (unpaired) electrons. The molecule has 0 aliphatic carbocycles. The zero-order valence-corrected chi connectivity index (χ0v) is 15.6. The van der Waals surface area contributed by atoms with Crippen LogP contribution >= 0.6 is 0 Å². The summed E-state index contributed by atoms with van der Waals surface area (Å²) < 4.78 is 43.4. The number of furan rings is 1. The van der Waals surface area contributed by atoms with Crippen LogP contribution in [-0.4, -0.2) is 18.4 Å². The van der Waals surface area contributed by atoms with Crippen molar-refractivity contribution in [1.29, 1.82) is 0 Å². The van der Waals surface area contributed by atoms with E-state index < -0.39 is 17.6 Å². The third kappa shape index (κ3) is 5.87. The minimum atomic E-state index is -4.49. The number of carbonyl (C=O) groups excluding carboxylic acids is 2. The van der Waals surface area contributed by atoms with E-state index in [9.17, 15) is 22.8 Å². The van der Waals surface area contributed by atoms with Crippen LogP contribution < -0.4 is 16.0 Å². The summed E-state index contributed by atoms with van der Waals surface area (Å²) in [6.45, 7) is 0.0522. The summed E-state index contributed by atoms with van der Waals surface area (Å²) in [7, 11) is 0. The van der Waals surface area contributed by atoms with Gasteiger partial charge in [-0.25, -0.2) is 0 Å². The van der Waals surface area contributed by atoms with Crippen LogP contribution in [0.2, 0.25) is 0 Å². The van der Waals surface area contributed by atoms with E-state index in [0.717, 1.165) is 12.1 Å². The van der Waals surface area contributed by atoms with Crippen molar-refractivity contribution < 1.29 is 27.2 Å². The fourth-order valence-electron chi connectivity index (χ4n) is 2.61. The van der Waals surface area contributed by atoms with Gasteiger partial charge in [0.15, 0.2) is 0 Å². The Morgan fingerprint density at radius 1 is 0.933 bits per heavy atom. The highest BCUT2D eigenvalue weighted by Crippen LogP contribution is 2.30. The van der Waals surface area contributed by atoms with Crippen LogP contribution in [0.5, 0.6) is 0 Å². The van der Waals surface area contributed by atoms with Gasteiger partial charge in [-0.2, -0.15) is 13.2 Å². The second-order valence-corrected chi connectivity index (χ2v) is 6.32. The van der Waals surface area contributed by atoms with Crippen molar-refractivity contribution in [3.63, 3.8) is 0 Å². The SMILES string of the molecule is O=C(CNc1cccc(C(=O)NCc2ccco2)c1)Nc1cccc(C(F)(F)F)c1. The topological polar surface area (TPSA) is 83.4 Å². The van der Waals surface area contributed by atoms with E-state index in [4.69, 9.17) is 4.42 Å². The van der Waals surface area contributed by atoms with E-state index >= 15 is 0 Å². The number of hydrogen-bond donors (Lipinski definition) is 3. The van der Waals surface area contributed by atoms with Crippen molar-refractivity contribution in [3.8, 4) is 0 Å². The van der Waals surface area contributed by atoms with Crippen LogP contribution in [0.3, 0.4) is 0 Å². The molecular formula is C21H18F3N3O3. The van der Waals surface area contributed by atoms with Gasteiger partial charge < -0.3 is 20.4 Å². The lowest BCUT2D eigenvalue weighted by molar-refractivity contribution is -0.137. The number of rotatable bonds is 7. The molecule has 0 atom stereocenters. The zero-order valence-electron chi connectivity index (χ0n) is 15.6. The minimum Gasteiger partial charge on any atom is -0.467 e. The highest BCUT2D eigenvalue weighted by atomic mass is 19.4. The maximum atomic E-state index is 12.7. The van der Waals surface area contributed by atoms with Crippen molar-refractivity contribution in [2.75, 3.05) is 17.2 Å². The average Bonchev–Trinajstić information content (AvgIpc) is 3.24. The lowest BCUT2D eigenvalue weighted by Gasteiger charge is -2.11. The molecule has 2 amide bonds. The molecule has 1 heterocycles. The number of benzene rings is 2. The summed E-state index contributed by atoms with van der Waals surface area (Å²) >= 11 is 0. The summed E-state index contributed by atoms with van der Waals surface area (Å²) in [6, 6.07) is 14.3. The predicted octanol–water partition coefficient (Wildman–Crippen LogP) is 4.28. The summed E-state index contributed by atoms with van der Waals surface area (Å²) in [5, 5.41) is 7.96. The monoisotopic (exact) mass is 417 g/mol. The van der Waals surface area contributed by atoms with Gasteiger partial charge in [0.25, 0.3) is 5.91 Å². The quantitative estimate of drug-likeness (QED) is 0.536. The summed E-state index contributed by atoms with van der Waals surface area (Å²) in [5.74, 6) is -0.227. The number of hydrogen-bond acceptors (Lipinski definition) is 4. The first-order valence-electron chi connectivity index (χ1n) is 8.93. The molecule has 3 rings (SSSR count). The lowest BCUT2D eigenvalue weighted by atomic mass is 10.2. The second kappa shape index (κ2) is 9.17. The number of nitrogens with one attached hydrogen (secondary N) is 3. The van der Waals surface area contributed by atoms with Gasteiger partial charge in [0.2, 0.25) is 5.91 Å². The summed E-state index contributed by atoms with van der Waals surface area (Å²) in [6.07, 6.45) is -2.98. The molecule has 0 aliphatic rings. The Kier molecular flexibility index (Phi) is 6.41. The fourth-order valence-corrected chi connectivity index (χ4v) is 2.61. The first kappa shape index (κ1) is 21.0. The van der Waals surface area contributed by atoms with E-state index in [-0.39, 0.29) is 24.7 Å². The Hall–Kier alpha value is -3.75. The van der Waals surface area contributed by atoms with Gasteiger partial charge in [0.05, 0.1) is 24.9 Å². The van der Waals surface area contributed by atoms with Gasteiger partial charge >= 0.3 is 6.18 Å². The van der Waals surface area contributed by atoms with Gasteiger partial charge in [0.1, 0.15) is 5.76 Å². The van der Waals surface area contributed by atoms with Crippen molar-refractivity contribution in [3.05, 3.63) is 83.8 Å². The van der Waals surface area contributed by atoms with Crippen molar-refractivity contribution >= 4 is 23.2 Å². The molecule has 2 aromatic carbocycles. The standard InChI is InChI=1S/C21H18F3N3O3/c22-21(23,24)15-5-2-7-17(11-15)27-19(28)13-25-16-6-1-4-14(10-16)20(29)26-12-18-8-3-9-30-18/h1-11,25H,12-13H2,(H,26,29)(H,27,28). The molecule has 6 nitrogen and oxygen atoms in total. The first-order chi connectivity index (χ1) is 14.3. The largest absolute Gasteiger partial charge is 0.467 e. The van der Waals surface area contributed by atoms with Crippen LogP contribution in [0.25, 0.3) is 0 Å². The minimum absolute atomic E-state index is 0.0441. The highest BCUT2D eigenvalue weighted by Gasteiger charge is 2.30. The Labute approximate surface area is 170 Å². The molecule has 0 unspecified atom stereocenters. The third-order valence-corrected chi connectivity index (χ3v) is 4.05. The van der Waals surface area contributed by atoms with Crippen molar-refractivity contribution in [2.24, 2.45) is 0 Å². The maximum Gasteiger partial charge on any atom is 0.416 e. The number of carbonyl (C=O) groups is 2. The van der Waals surface area contributed by atoms with Crippen LogP contribution in [-0.2, 0) is 17.5 Å². The van der Waals surface area contributed by atoms with Gasteiger partial charge in [-0.3, -0.25) is 9.59 Å². The molecule has 0 fully saturated rings. The van der Waals surface area contributed by atoms with Crippen LogP contribution in [0, 0.1) is 0 Å². The van der Waals surface area contributed by atoms with Gasteiger partial charge in [-0.1, -0.05) is 12.1 Å². The van der Waals surface area contributed by atoms with Crippen molar-refractivity contribution in [1.82, 2.24) is 5.32 Å². The Balaban J connectivity index is 1.53. The second-order valence-electron chi connectivity index (χ2n) is 6.32. The zero-order chi connectivity index (χ0) is 21.6. The molecule has 0 aliphatic heterocycles. The number of amides is 2. The smallest absolute Gasteiger partial charge is 0.416 e. The number of alkyl halides is 3. The highest BCUT2D eigenvalue weighted by molar-refractivity contribution is 5.96. The number of halogens is 3. The maximum absolute atomic E-state index is 12.7. The Bertz CT molecular complexity index is 1020. The van der Waals surface area contributed by atoms with Gasteiger partial charge in [-0.05, 0) is 48.5 Å². The molecule has 3 N–H and O–H groups in total. The molecular weight excluding hydrogens is 399 g/mol. The summed E-state index contributed by atoms with van der Waals surface area (Å²) in [4.78, 5) is 24.3. The Morgan fingerprint density at radius 2 is 1.70 bits per heavy atom. The molecule has 156 valence electrons. The van der Waals surface area contributed by atoms with E-state index in [0.29, 0.717) is 17.0 Å². The molecule has 0 saturated heterocycles. The average molecular weight is 417 g/mol. The molecule has 30 heavy (non-hydrogen) atoms. The Morgan fingerprint density at radius 3 is 2.43 bits per heavy atom. The van der Waals surface area contributed by atoms with E-state index in [1.54, 1.807) is 36.4 Å². The molecule has 0 bridgehead atoms. The lowest BCUT2D eigenvalue weighted by Crippen LogP contribution is -2.23. The first-order valence-corrected chi connectivity index (χ1v) is 8.93. The number of anilines is 2. The normalized spacial score (nSPS) is 11.0. The molecule has 3 aromatic rings. The third-order valence-electron chi connectivity index (χ3n) is 4.05. The molecule has 0 spiro atoms. The fraction of sp³-hybridized carbons (Fsp3) is 0.143. The summed E-state index contributed by atoms with van der Waals surface area (Å²) in [5.41, 5.74) is 0.0916. The van der Waals surface area contributed by atoms with E-state index in [2.05, 4.69) is 16.0 Å². The molecule has 1 aromatic heterocycles. The van der Waals surface area contributed by atoms with E-state index in [1.165, 1.54) is 18.4 Å². The molecule has 0 saturated carbocycles. The predicted molar refractivity (Wildman–Crippen MR) is 105 cm³/mol. The van der Waals surface area contributed by atoms with Gasteiger partial charge in [-0.15, -0.1) is 0 Å². The van der Waals surface area contributed by atoms with Crippen LogP contribution in [0.1, 0.15) is 21.7 Å². The van der Waals surface area contributed by atoms with E-state index in [1.807, 2.05) is 0 Å². The van der Waals surface area contributed by atoms with Crippen LogP contribution in [0.4, 0.5) is 24.5 Å². The van der Waals surface area contributed by atoms with Crippen LogP contribution in [0.15, 0.2) is 71.3 Å². The molecule has 9 heteroatoms. The van der Waals surface area contributed by atoms with Crippen molar-refractivity contribution in [2.45, 2.75) is 12.7 Å². The van der Waals surface area contributed by atoms with Gasteiger partial charge in [0, 0.05) is 16.9 Å².